The second-order valence-electron chi connectivity index (χ2n) is 7.82. The van der Waals surface area contributed by atoms with Crippen molar-refractivity contribution in [3.63, 3.8) is 0 Å². The normalized spacial score (nSPS) is 39.9. The van der Waals surface area contributed by atoms with Crippen molar-refractivity contribution in [3.8, 4) is 0 Å². The Morgan fingerprint density at radius 1 is 1.32 bits per heavy atom. The molecule has 0 bridgehead atoms. The molecule has 0 radical (unpaired) electrons. The van der Waals surface area contributed by atoms with Gasteiger partial charge in [-0.1, -0.05) is 6.92 Å². The van der Waals surface area contributed by atoms with Crippen molar-refractivity contribution in [2.24, 2.45) is 11.8 Å². The van der Waals surface area contributed by atoms with Gasteiger partial charge in [0.2, 0.25) is 11.9 Å². The number of rotatable bonds is 4. The third-order valence-corrected chi connectivity index (χ3v) is 6.31. The van der Waals surface area contributed by atoms with Crippen LogP contribution in [-0.4, -0.2) is 59.8 Å². The molecule has 2 saturated carbocycles. The maximum absolute atomic E-state index is 14.6. The summed E-state index contributed by atoms with van der Waals surface area (Å²) in [4.78, 5) is 25.6. The predicted octanol–water partition coefficient (Wildman–Crippen LogP) is 1.31. The first kappa shape index (κ1) is 18.5. The fourth-order valence-electron chi connectivity index (χ4n) is 4.77. The average molecular weight is 356 g/mol. The molecule has 8 heteroatoms. The number of amides is 1. The van der Waals surface area contributed by atoms with Crippen molar-refractivity contribution in [1.82, 2.24) is 15.5 Å². The number of hydrogen-bond acceptors (Lipinski definition) is 5. The Balaban J connectivity index is 1.52. The van der Waals surface area contributed by atoms with Gasteiger partial charge in [-0.3, -0.25) is 19.8 Å². The van der Waals surface area contributed by atoms with Crippen LogP contribution in [0.2, 0.25) is 0 Å². The van der Waals surface area contributed by atoms with Gasteiger partial charge in [0.25, 0.3) is 0 Å². The highest BCUT2D eigenvalue weighted by Crippen LogP contribution is 2.33. The van der Waals surface area contributed by atoms with E-state index < -0.39 is 12.2 Å². The second-order valence-corrected chi connectivity index (χ2v) is 7.82. The minimum atomic E-state index is -0.936. The molecule has 1 aliphatic heterocycles. The maximum atomic E-state index is 14.6. The largest absolute Gasteiger partial charge is 0.353 e. The highest BCUT2D eigenvalue weighted by Gasteiger charge is 2.42. The van der Waals surface area contributed by atoms with Crippen LogP contribution in [0, 0.1) is 22.0 Å². The van der Waals surface area contributed by atoms with E-state index in [2.05, 4.69) is 15.5 Å². The first-order valence-electron chi connectivity index (χ1n) is 9.50. The van der Waals surface area contributed by atoms with Crippen molar-refractivity contribution >= 4 is 5.91 Å². The molecule has 0 aromatic rings. The first-order valence-corrected chi connectivity index (χ1v) is 9.50. The van der Waals surface area contributed by atoms with Crippen LogP contribution in [0.3, 0.4) is 0 Å². The lowest BCUT2D eigenvalue weighted by Gasteiger charge is -2.38. The maximum Gasteiger partial charge on any atom is 0.223 e. The molecule has 1 amide bonds. The number of carbonyl (C=O) groups is 1. The number of nitro groups is 1. The van der Waals surface area contributed by atoms with Gasteiger partial charge in [-0.05, 0) is 25.7 Å². The minimum Gasteiger partial charge on any atom is -0.353 e. The van der Waals surface area contributed by atoms with Crippen molar-refractivity contribution in [1.29, 1.82) is 0 Å². The van der Waals surface area contributed by atoms with Gasteiger partial charge in [0.1, 0.15) is 6.17 Å². The minimum absolute atomic E-state index is 0.0596. The SMILES string of the molecule is CC1C(C(=O)NC2CCC(N3CCNC3)C(F)C2)CCCC1[N+](=O)[O-]. The number of alkyl halides is 1. The zero-order chi connectivity index (χ0) is 18.0. The molecule has 3 aliphatic rings. The van der Waals surface area contributed by atoms with E-state index in [1.54, 1.807) is 6.92 Å². The number of halogens is 1. The third-order valence-electron chi connectivity index (χ3n) is 6.31. The van der Waals surface area contributed by atoms with Gasteiger partial charge >= 0.3 is 0 Å². The summed E-state index contributed by atoms with van der Waals surface area (Å²) >= 11 is 0. The molecule has 0 aromatic heterocycles. The van der Waals surface area contributed by atoms with Crippen molar-refractivity contribution in [2.75, 3.05) is 19.8 Å². The molecule has 0 spiro atoms. The summed E-state index contributed by atoms with van der Waals surface area (Å²) < 4.78 is 14.6. The number of nitrogens with zero attached hydrogens (tertiary/aromatic N) is 2. The van der Waals surface area contributed by atoms with Crippen LogP contribution in [0.25, 0.3) is 0 Å². The van der Waals surface area contributed by atoms with Crippen molar-refractivity contribution in [2.45, 2.75) is 69.7 Å². The third kappa shape index (κ3) is 4.11. The molecule has 7 nitrogen and oxygen atoms in total. The van der Waals surface area contributed by atoms with Gasteiger partial charge in [0.15, 0.2) is 0 Å². The summed E-state index contributed by atoms with van der Waals surface area (Å²) in [6.07, 6.45) is 2.85. The zero-order valence-corrected chi connectivity index (χ0v) is 14.8. The van der Waals surface area contributed by atoms with Crippen molar-refractivity contribution in [3.05, 3.63) is 10.1 Å². The van der Waals surface area contributed by atoms with Crippen molar-refractivity contribution < 1.29 is 14.1 Å². The topological polar surface area (TPSA) is 87.5 Å². The standard InChI is InChI=1S/C17H29FN4O3/c1-11-13(3-2-4-15(11)22(24)25)17(23)20-12-5-6-16(14(18)9-12)21-8-7-19-10-21/h11-16,19H,2-10H2,1H3,(H,20,23). The Labute approximate surface area is 147 Å². The number of hydrogen-bond donors (Lipinski definition) is 2. The lowest BCUT2D eigenvalue weighted by atomic mass is 9.76. The van der Waals surface area contributed by atoms with Gasteiger partial charge in [0.05, 0.1) is 0 Å². The molecule has 2 aliphatic carbocycles. The molecule has 6 atom stereocenters. The van der Waals surface area contributed by atoms with Gasteiger partial charge in [0, 0.05) is 61.4 Å². The summed E-state index contributed by atoms with van der Waals surface area (Å²) in [5, 5.41) is 17.4. The fraction of sp³-hybridized carbons (Fsp3) is 0.941. The molecular formula is C17H29FN4O3. The monoisotopic (exact) mass is 356 g/mol. The molecule has 2 N–H and O–H groups in total. The molecule has 1 saturated heterocycles. The van der Waals surface area contributed by atoms with Crippen LogP contribution in [0.15, 0.2) is 0 Å². The summed E-state index contributed by atoms with van der Waals surface area (Å²) in [5.41, 5.74) is 0. The summed E-state index contributed by atoms with van der Waals surface area (Å²) in [5.74, 6) is -0.725. The Morgan fingerprint density at radius 2 is 2.12 bits per heavy atom. The number of nitrogens with one attached hydrogen (secondary N) is 2. The summed E-state index contributed by atoms with van der Waals surface area (Å²) in [7, 11) is 0. The van der Waals surface area contributed by atoms with E-state index in [0.29, 0.717) is 25.7 Å². The van der Waals surface area contributed by atoms with Gasteiger partial charge in [-0.25, -0.2) is 4.39 Å². The number of carbonyl (C=O) groups excluding carboxylic acids is 1. The quantitative estimate of drug-likeness (QED) is 0.586. The van der Waals surface area contributed by atoms with Crippen LogP contribution in [0.4, 0.5) is 4.39 Å². The molecule has 25 heavy (non-hydrogen) atoms. The molecule has 6 unspecified atom stereocenters. The van der Waals surface area contributed by atoms with Crippen LogP contribution < -0.4 is 10.6 Å². The summed E-state index contributed by atoms with van der Waals surface area (Å²) in [6.45, 7) is 4.32. The Kier molecular flexibility index (Phi) is 5.89. The fourth-order valence-corrected chi connectivity index (χ4v) is 4.77. The van der Waals surface area contributed by atoms with E-state index in [9.17, 15) is 19.3 Å². The van der Waals surface area contributed by atoms with Crippen LogP contribution in [0.5, 0.6) is 0 Å². The highest BCUT2D eigenvalue weighted by molar-refractivity contribution is 5.79. The molecule has 142 valence electrons. The zero-order valence-electron chi connectivity index (χ0n) is 14.8. The molecule has 0 aromatic carbocycles. The Morgan fingerprint density at radius 3 is 2.76 bits per heavy atom. The van der Waals surface area contributed by atoms with Gasteiger partial charge in [-0.15, -0.1) is 0 Å². The van der Waals surface area contributed by atoms with E-state index >= 15 is 0 Å². The van der Waals surface area contributed by atoms with E-state index in [4.69, 9.17) is 0 Å². The second kappa shape index (κ2) is 7.95. The Bertz CT molecular complexity index is 500. The lowest BCUT2D eigenvalue weighted by Crippen LogP contribution is -2.52. The molecular weight excluding hydrogens is 327 g/mol. The predicted molar refractivity (Wildman–Crippen MR) is 91.3 cm³/mol. The van der Waals surface area contributed by atoms with Gasteiger partial charge < -0.3 is 10.6 Å². The van der Waals surface area contributed by atoms with Crippen LogP contribution >= 0.6 is 0 Å². The molecule has 3 rings (SSSR count). The van der Waals surface area contributed by atoms with Crippen LogP contribution in [0.1, 0.15) is 45.4 Å². The smallest absolute Gasteiger partial charge is 0.223 e. The van der Waals surface area contributed by atoms with E-state index in [1.807, 2.05) is 0 Å². The first-order chi connectivity index (χ1) is 12.0. The summed E-state index contributed by atoms with van der Waals surface area (Å²) in [6, 6.07) is -0.857. The van der Waals surface area contributed by atoms with E-state index in [1.165, 1.54) is 0 Å². The van der Waals surface area contributed by atoms with Gasteiger partial charge in [-0.2, -0.15) is 0 Å². The Hall–Kier alpha value is -1.28. The highest BCUT2D eigenvalue weighted by atomic mass is 19.1. The van der Waals surface area contributed by atoms with E-state index in [0.717, 1.165) is 32.6 Å². The molecule has 1 heterocycles. The molecule has 3 fully saturated rings. The van der Waals surface area contributed by atoms with Crippen LogP contribution in [-0.2, 0) is 4.79 Å². The van der Waals surface area contributed by atoms with E-state index in [-0.39, 0.29) is 34.7 Å². The average Bonchev–Trinajstić information content (AvgIpc) is 3.09. The lowest BCUT2D eigenvalue weighted by molar-refractivity contribution is -0.536.